The van der Waals surface area contributed by atoms with Crippen LogP contribution in [0.2, 0.25) is 0 Å². The van der Waals surface area contributed by atoms with Gasteiger partial charge in [-0.25, -0.2) is 4.79 Å². The molecule has 6 nitrogen and oxygen atoms in total. The van der Waals surface area contributed by atoms with Gasteiger partial charge < -0.3 is 22.1 Å². The van der Waals surface area contributed by atoms with Crippen molar-refractivity contribution >= 4 is 19.8 Å². The van der Waals surface area contributed by atoms with Gasteiger partial charge in [0.25, 0.3) is 0 Å². The van der Waals surface area contributed by atoms with Crippen molar-refractivity contribution in [1.82, 2.24) is 10.6 Å². The van der Waals surface area contributed by atoms with Crippen molar-refractivity contribution in [1.29, 1.82) is 0 Å². The average Bonchev–Trinajstić information content (AvgIpc) is 2.22. The fourth-order valence-corrected chi connectivity index (χ4v) is 1.19. The van der Waals surface area contributed by atoms with Crippen molar-refractivity contribution in [2.24, 2.45) is 17.4 Å². The summed E-state index contributed by atoms with van der Waals surface area (Å²) in [4.78, 5) is 21.9. The van der Waals surface area contributed by atoms with Gasteiger partial charge in [-0.3, -0.25) is 4.79 Å². The number of hydrogen-bond donors (Lipinski definition) is 4. The number of rotatable bonds is 7. The molecule has 0 heterocycles. The Kier molecular flexibility index (Phi) is 7.37. The molecule has 17 heavy (non-hydrogen) atoms. The van der Waals surface area contributed by atoms with E-state index in [1.807, 2.05) is 13.8 Å². The van der Waals surface area contributed by atoms with Crippen LogP contribution < -0.4 is 22.1 Å². The fourth-order valence-electron chi connectivity index (χ4n) is 1.19. The molecule has 2 unspecified atom stereocenters. The number of amides is 3. The molecular formula is C10H21BN4O2. The monoisotopic (exact) mass is 240 g/mol. The van der Waals surface area contributed by atoms with Crippen molar-refractivity contribution in [2.75, 3.05) is 6.54 Å². The molecule has 96 valence electrons. The van der Waals surface area contributed by atoms with Crippen LogP contribution in [0.1, 0.15) is 26.7 Å². The van der Waals surface area contributed by atoms with E-state index in [1.54, 1.807) is 0 Å². The molecule has 0 saturated heterocycles. The lowest BCUT2D eigenvalue weighted by molar-refractivity contribution is -0.123. The topological polar surface area (TPSA) is 110 Å². The number of nitrogens with two attached hydrogens (primary N) is 2. The highest BCUT2D eigenvalue weighted by atomic mass is 16.2. The molecule has 0 fully saturated rings. The van der Waals surface area contributed by atoms with E-state index in [-0.39, 0.29) is 11.8 Å². The van der Waals surface area contributed by atoms with Gasteiger partial charge in [-0.15, -0.1) is 0 Å². The van der Waals surface area contributed by atoms with Crippen molar-refractivity contribution in [3.05, 3.63) is 0 Å². The van der Waals surface area contributed by atoms with Crippen LogP contribution in [0.3, 0.4) is 0 Å². The summed E-state index contributed by atoms with van der Waals surface area (Å²) in [6.07, 6.45) is 1.19. The van der Waals surface area contributed by atoms with Crippen molar-refractivity contribution < 1.29 is 9.59 Å². The molecule has 0 spiro atoms. The van der Waals surface area contributed by atoms with Crippen LogP contribution in [0.5, 0.6) is 0 Å². The summed E-state index contributed by atoms with van der Waals surface area (Å²) in [5, 5.41) is 5.06. The molecule has 0 saturated carbocycles. The molecule has 6 N–H and O–H groups in total. The first-order valence-electron chi connectivity index (χ1n) is 5.69. The van der Waals surface area contributed by atoms with E-state index in [4.69, 9.17) is 19.3 Å². The first-order chi connectivity index (χ1) is 7.84. The number of primary amides is 1. The van der Waals surface area contributed by atoms with Gasteiger partial charge in [-0.2, -0.15) is 0 Å². The van der Waals surface area contributed by atoms with Gasteiger partial charge in [0, 0.05) is 6.54 Å². The third kappa shape index (κ3) is 7.62. The molecule has 0 aliphatic heterocycles. The summed E-state index contributed by atoms with van der Waals surface area (Å²) in [5.41, 5.74) is 10.6. The second-order valence-electron chi connectivity index (χ2n) is 4.32. The smallest absolute Gasteiger partial charge is 0.312 e. The average molecular weight is 240 g/mol. The second kappa shape index (κ2) is 7.94. The predicted octanol–water partition coefficient (Wildman–Crippen LogP) is -0.971. The molecule has 2 atom stereocenters. The van der Waals surface area contributed by atoms with Gasteiger partial charge in [0.15, 0.2) is 0 Å². The SMILES string of the molecule is [B]C(CCCNC(N)=O)NC(=O)C(N)C(C)C. The van der Waals surface area contributed by atoms with Gasteiger partial charge in [-0.1, -0.05) is 13.8 Å². The number of nitrogens with one attached hydrogen (secondary N) is 2. The maximum Gasteiger partial charge on any atom is 0.312 e. The summed E-state index contributed by atoms with van der Waals surface area (Å²) < 4.78 is 0. The largest absolute Gasteiger partial charge is 0.361 e. The molecular weight excluding hydrogens is 219 g/mol. The molecule has 0 aliphatic carbocycles. The molecule has 3 amide bonds. The standard InChI is InChI=1S/C10H21BN4O2/c1-6(2)8(12)9(16)15-7(11)4-3-5-14-10(13)17/h6-8H,3-5,12H2,1-2H3,(H,15,16)(H3,13,14,17). The lowest BCUT2D eigenvalue weighted by atomic mass is 9.91. The third-order valence-electron chi connectivity index (χ3n) is 2.34. The van der Waals surface area contributed by atoms with Gasteiger partial charge in [0.05, 0.1) is 13.9 Å². The Morgan fingerprint density at radius 3 is 2.41 bits per heavy atom. The Morgan fingerprint density at radius 1 is 1.35 bits per heavy atom. The molecule has 0 aromatic carbocycles. The van der Waals surface area contributed by atoms with Crippen molar-refractivity contribution in [2.45, 2.75) is 38.7 Å². The Labute approximate surface area is 103 Å². The van der Waals surface area contributed by atoms with Gasteiger partial charge in [0.1, 0.15) is 0 Å². The van der Waals surface area contributed by atoms with Crippen LogP contribution in [-0.4, -0.2) is 38.3 Å². The van der Waals surface area contributed by atoms with Crippen LogP contribution in [0.25, 0.3) is 0 Å². The Morgan fingerprint density at radius 2 is 1.94 bits per heavy atom. The Hall–Kier alpha value is -1.24. The van der Waals surface area contributed by atoms with E-state index in [1.165, 1.54) is 0 Å². The zero-order chi connectivity index (χ0) is 13.4. The summed E-state index contributed by atoms with van der Waals surface area (Å²) in [5.74, 6) is -0.643. The molecule has 0 bridgehead atoms. The normalized spacial score (nSPS) is 14.1. The summed E-state index contributed by atoms with van der Waals surface area (Å²) in [6.45, 7) is 4.17. The van der Waals surface area contributed by atoms with Gasteiger partial charge >= 0.3 is 6.03 Å². The summed E-state index contributed by atoms with van der Waals surface area (Å²) >= 11 is 0. The highest BCUT2D eigenvalue weighted by Crippen LogP contribution is 1.99. The van der Waals surface area contributed by atoms with Gasteiger partial charge in [-0.05, 0) is 24.7 Å². The zero-order valence-electron chi connectivity index (χ0n) is 10.4. The van der Waals surface area contributed by atoms with E-state index in [2.05, 4.69) is 10.6 Å². The van der Waals surface area contributed by atoms with E-state index >= 15 is 0 Å². The van der Waals surface area contributed by atoms with E-state index in [9.17, 15) is 9.59 Å². The molecule has 2 radical (unpaired) electrons. The number of urea groups is 1. The fraction of sp³-hybridized carbons (Fsp3) is 0.800. The lowest BCUT2D eigenvalue weighted by Crippen LogP contribution is -2.48. The first kappa shape index (κ1) is 15.8. The summed E-state index contributed by atoms with van der Waals surface area (Å²) in [7, 11) is 5.70. The number of carbonyl (C=O) groups is 2. The zero-order valence-corrected chi connectivity index (χ0v) is 10.4. The van der Waals surface area contributed by atoms with Crippen molar-refractivity contribution in [3.63, 3.8) is 0 Å². The first-order valence-corrected chi connectivity index (χ1v) is 5.69. The van der Waals surface area contributed by atoms with Gasteiger partial charge in [0.2, 0.25) is 5.91 Å². The number of hydrogen-bond acceptors (Lipinski definition) is 3. The second-order valence-corrected chi connectivity index (χ2v) is 4.32. The maximum atomic E-state index is 11.5. The maximum absolute atomic E-state index is 11.5. The number of carbonyl (C=O) groups excluding carboxylic acids is 2. The van der Waals surface area contributed by atoms with Crippen LogP contribution in [-0.2, 0) is 4.79 Å². The van der Waals surface area contributed by atoms with Crippen LogP contribution in [0.15, 0.2) is 0 Å². The summed E-state index contributed by atoms with van der Waals surface area (Å²) in [6, 6.07) is -1.12. The molecule has 0 aromatic rings. The predicted molar refractivity (Wildman–Crippen MR) is 67.3 cm³/mol. The van der Waals surface area contributed by atoms with Crippen LogP contribution >= 0.6 is 0 Å². The Balaban J connectivity index is 3.74. The minimum Gasteiger partial charge on any atom is -0.361 e. The Bertz CT molecular complexity index is 261. The lowest BCUT2D eigenvalue weighted by Gasteiger charge is -2.19. The molecule has 0 aromatic heterocycles. The molecule has 7 heteroatoms. The molecule has 0 rings (SSSR count). The van der Waals surface area contributed by atoms with Crippen molar-refractivity contribution in [3.8, 4) is 0 Å². The van der Waals surface area contributed by atoms with Crippen LogP contribution in [0, 0.1) is 5.92 Å². The highest BCUT2D eigenvalue weighted by molar-refractivity contribution is 6.13. The minimum atomic E-state index is -0.565. The molecule has 0 aliphatic rings. The minimum absolute atomic E-state index is 0.0683. The van der Waals surface area contributed by atoms with E-state index in [0.29, 0.717) is 19.4 Å². The highest BCUT2D eigenvalue weighted by Gasteiger charge is 2.18. The van der Waals surface area contributed by atoms with Crippen LogP contribution in [0.4, 0.5) is 4.79 Å². The van der Waals surface area contributed by atoms with E-state index in [0.717, 1.165) is 0 Å². The quantitative estimate of drug-likeness (QED) is 0.339. The van der Waals surface area contributed by atoms with E-state index < -0.39 is 18.0 Å². The third-order valence-corrected chi connectivity index (χ3v) is 2.34.